The van der Waals surface area contributed by atoms with Gasteiger partial charge < -0.3 is 9.80 Å². The number of hydrogen-bond donors (Lipinski definition) is 0. The minimum atomic E-state index is -0.106. The number of carbonyl (C=O) groups is 2. The van der Waals surface area contributed by atoms with Gasteiger partial charge in [0.15, 0.2) is 0 Å². The molecule has 2 aromatic rings. The summed E-state index contributed by atoms with van der Waals surface area (Å²) < 4.78 is 0. The summed E-state index contributed by atoms with van der Waals surface area (Å²) in [5.41, 5.74) is 2.07. The minimum absolute atomic E-state index is 0.0190. The van der Waals surface area contributed by atoms with Gasteiger partial charge in [-0.1, -0.05) is 29.8 Å². The van der Waals surface area contributed by atoms with E-state index >= 15 is 0 Å². The van der Waals surface area contributed by atoms with Gasteiger partial charge in [-0.25, -0.2) is 0 Å². The second kappa shape index (κ2) is 6.42. The molecule has 0 aromatic heterocycles. The highest BCUT2D eigenvalue weighted by atomic mass is 35.5. The standard InChI is InChI=1S/C18H17ClN2O2/c1-13(22)20-10-5-11-21(17-9-3-2-8-16(17)20)18(23)14-6-4-7-15(19)12-14/h2-4,6-9,12H,5,10-11H2,1H3. The minimum Gasteiger partial charge on any atom is -0.311 e. The van der Waals surface area contributed by atoms with Crippen LogP contribution in [0.2, 0.25) is 5.02 Å². The summed E-state index contributed by atoms with van der Waals surface area (Å²) in [6.45, 7) is 2.71. The Balaban J connectivity index is 2.04. The number of fused-ring (bicyclic) bond motifs is 1. The normalized spacial score (nSPS) is 14.2. The van der Waals surface area contributed by atoms with Crippen molar-refractivity contribution in [1.29, 1.82) is 0 Å². The number of nitrogens with zero attached hydrogens (tertiary/aromatic N) is 2. The number of benzene rings is 2. The maximum Gasteiger partial charge on any atom is 0.258 e. The Hall–Kier alpha value is -2.33. The highest BCUT2D eigenvalue weighted by molar-refractivity contribution is 6.31. The Morgan fingerprint density at radius 1 is 0.957 bits per heavy atom. The molecule has 118 valence electrons. The number of carbonyl (C=O) groups excluding carboxylic acids is 2. The Morgan fingerprint density at radius 3 is 2.26 bits per heavy atom. The van der Waals surface area contributed by atoms with E-state index in [9.17, 15) is 9.59 Å². The SMILES string of the molecule is CC(=O)N1CCCN(C(=O)c2cccc(Cl)c2)c2ccccc21. The van der Waals surface area contributed by atoms with E-state index in [1.807, 2.05) is 24.3 Å². The summed E-state index contributed by atoms with van der Waals surface area (Å²) in [5.74, 6) is -0.125. The number of para-hydroxylation sites is 2. The molecule has 0 saturated carbocycles. The summed E-state index contributed by atoms with van der Waals surface area (Å²) in [6.07, 6.45) is 0.723. The molecule has 2 aromatic carbocycles. The lowest BCUT2D eigenvalue weighted by molar-refractivity contribution is -0.116. The molecule has 1 aliphatic rings. The van der Waals surface area contributed by atoms with Gasteiger partial charge in [0.1, 0.15) is 0 Å². The summed E-state index contributed by atoms with van der Waals surface area (Å²) in [6, 6.07) is 14.4. The number of amides is 2. The van der Waals surface area contributed by atoms with Gasteiger partial charge in [-0.3, -0.25) is 9.59 Å². The van der Waals surface area contributed by atoms with Gasteiger partial charge in [-0.2, -0.15) is 0 Å². The van der Waals surface area contributed by atoms with Gasteiger partial charge in [0, 0.05) is 30.6 Å². The number of rotatable bonds is 1. The molecule has 4 nitrogen and oxygen atoms in total. The van der Waals surface area contributed by atoms with Gasteiger partial charge in [-0.15, -0.1) is 0 Å². The third kappa shape index (κ3) is 3.08. The van der Waals surface area contributed by atoms with E-state index in [1.54, 1.807) is 41.0 Å². The first-order valence-corrected chi connectivity index (χ1v) is 7.90. The van der Waals surface area contributed by atoms with Crippen molar-refractivity contribution in [3.05, 3.63) is 59.1 Å². The van der Waals surface area contributed by atoms with Crippen LogP contribution in [0.5, 0.6) is 0 Å². The molecule has 0 spiro atoms. The molecule has 5 heteroatoms. The summed E-state index contributed by atoms with van der Waals surface area (Å²) in [4.78, 5) is 28.3. The zero-order chi connectivity index (χ0) is 16.4. The van der Waals surface area contributed by atoms with E-state index in [-0.39, 0.29) is 11.8 Å². The second-order valence-corrected chi connectivity index (χ2v) is 5.92. The van der Waals surface area contributed by atoms with Crippen molar-refractivity contribution in [2.45, 2.75) is 13.3 Å². The van der Waals surface area contributed by atoms with Crippen molar-refractivity contribution in [3.63, 3.8) is 0 Å². The Bertz CT molecular complexity index is 760. The van der Waals surface area contributed by atoms with Gasteiger partial charge in [-0.05, 0) is 36.8 Å². The van der Waals surface area contributed by atoms with Crippen LogP contribution in [-0.4, -0.2) is 24.9 Å². The van der Waals surface area contributed by atoms with Crippen LogP contribution in [0, 0.1) is 0 Å². The first-order valence-electron chi connectivity index (χ1n) is 7.52. The molecule has 0 aliphatic carbocycles. The Kier molecular flexibility index (Phi) is 4.35. The Labute approximate surface area is 140 Å². The first kappa shape index (κ1) is 15.6. The Morgan fingerprint density at radius 2 is 1.61 bits per heavy atom. The second-order valence-electron chi connectivity index (χ2n) is 5.48. The lowest BCUT2D eigenvalue weighted by Gasteiger charge is -2.25. The fraction of sp³-hybridized carbons (Fsp3) is 0.222. The van der Waals surface area contributed by atoms with Crippen molar-refractivity contribution >= 4 is 34.8 Å². The van der Waals surface area contributed by atoms with Crippen LogP contribution in [0.15, 0.2) is 48.5 Å². The van der Waals surface area contributed by atoms with Crippen molar-refractivity contribution in [1.82, 2.24) is 0 Å². The quantitative estimate of drug-likeness (QED) is 0.800. The smallest absolute Gasteiger partial charge is 0.258 e. The van der Waals surface area contributed by atoms with Crippen molar-refractivity contribution in [2.75, 3.05) is 22.9 Å². The fourth-order valence-electron chi connectivity index (χ4n) is 2.86. The maximum absolute atomic E-state index is 12.9. The van der Waals surface area contributed by atoms with Crippen LogP contribution in [0.1, 0.15) is 23.7 Å². The average molecular weight is 329 g/mol. The highest BCUT2D eigenvalue weighted by Crippen LogP contribution is 2.33. The lowest BCUT2D eigenvalue weighted by Crippen LogP contribution is -2.31. The van der Waals surface area contributed by atoms with Crippen molar-refractivity contribution < 1.29 is 9.59 Å². The molecule has 0 N–H and O–H groups in total. The molecule has 0 unspecified atom stereocenters. The van der Waals surface area contributed by atoms with Crippen LogP contribution >= 0.6 is 11.6 Å². The molecule has 23 heavy (non-hydrogen) atoms. The van der Waals surface area contributed by atoms with Crippen LogP contribution in [0.3, 0.4) is 0 Å². The lowest BCUT2D eigenvalue weighted by atomic mass is 10.1. The van der Waals surface area contributed by atoms with Crippen LogP contribution in [-0.2, 0) is 4.79 Å². The third-order valence-electron chi connectivity index (χ3n) is 3.92. The van der Waals surface area contributed by atoms with Crippen molar-refractivity contribution in [2.24, 2.45) is 0 Å². The largest absolute Gasteiger partial charge is 0.311 e. The van der Waals surface area contributed by atoms with Gasteiger partial charge in [0.05, 0.1) is 11.4 Å². The van der Waals surface area contributed by atoms with Crippen LogP contribution in [0.4, 0.5) is 11.4 Å². The zero-order valence-electron chi connectivity index (χ0n) is 12.8. The number of halogens is 1. The third-order valence-corrected chi connectivity index (χ3v) is 4.16. The van der Waals surface area contributed by atoms with E-state index in [1.165, 1.54) is 0 Å². The van der Waals surface area contributed by atoms with E-state index in [2.05, 4.69) is 0 Å². The zero-order valence-corrected chi connectivity index (χ0v) is 13.6. The van der Waals surface area contributed by atoms with Crippen LogP contribution < -0.4 is 9.80 Å². The average Bonchev–Trinajstić information content (AvgIpc) is 2.74. The topological polar surface area (TPSA) is 40.6 Å². The fourth-order valence-corrected chi connectivity index (χ4v) is 3.05. The molecule has 3 rings (SSSR count). The van der Waals surface area contributed by atoms with E-state index in [0.29, 0.717) is 23.7 Å². The predicted octanol–water partition coefficient (Wildman–Crippen LogP) is 3.74. The first-order chi connectivity index (χ1) is 11.1. The highest BCUT2D eigenvalue weighted by Gasteiger charge is 2.26. The number of hydrogen-bond acceptors (Lipinski definition) is 2. The van der Waals surface area contributed by atoms with Crippen LogP contribution in [0.25, 0.3) is 0 Å². The molecule has 0 radical (unpaired) electrons. The molecule has 0 atom stereocenters. The molecular formula is C18H17ClN2O2. The molecule has 1 heterocycles. The van der Waals surface area contributed by atoms with Crippen molar-refractivity contribution in [3.8, 4) is 0 Å². The predicted molar refractivity (Wildman–Crippen MR) is 92.2 cm³/mol. The summed E-state index contributed by atoms with van der Waals surface area (Å²) >= 11 is 6.00. The molecule has 1 aliphatic heterocycles. The molecule has 2 amide bonds. The van der Waals surface area contributed by atoms with E-state index < -0.39 is 0 Å². The summed E-state index contributed by atoms with van der Waals surface area (Å²) in [5, 5.41) is 0.532. The van der Waals surface area contributed by atoms with E-state index in [4.69, 9.17) is 11.6 Å². The summed E-state index contributed by atoms with van der Waals surface area (Å²) in [7, 11) is 0. The monoisotopic (exact) mass is 328 g/mol. The molecular weight excluding hydrogens is 312 g/mol. The maximum atomic E-state index is 12.9. The number of anilines is 2. The van der Waals surface area contributed by atoms with Gasteiger partial charge >= 0.3 is 0 Å². The molecule has 0 saturated heterocycles. The van der Waals surface area contributed by atoms with Gasteiger partial charge in [0.25, 0.3) is 5.91 Å². The van der Waals surface area contributed by atoms with Gasteiger partial charge in [0.2, 0.25) is 5.91 Å². The molecule has 0 bridgehead atoms. The molecule has 0 fully saturated rings. The van der Waals surface area contributed by atoms with E-state index in [0.717, 1.165) is 17.8 Å².